The Balaban J connectivity index is 4.00. The lowest BCUT2D eigenvalue weighted by molar-refractivity contribution is 0.0515. The highest BCUT2D eigenvalue weighted by Crippen LogP contribution is 2.10. The summed E-state index contributed by atoms with van der Waals surface area (Å²) in [7, 11) is 2.12. The zero-order valence-electron chi connectivity index (χ0n) is 15.0. The summed E-state index contributed by atoms with van der Waals surface area (Å²) in [6, 6.07) is 0. The molecule has 0 rings (SSSR count). The Labute approximate surface area is 130 Å². The first kappa shape index (κ1) is 20.2. The lowest BCUT2D eigenvalue weighted by Crippen LogP contribution is -2.40. The van der Waals surface area contributed by atoms with Crippen molar-refractivity contribution in [2.45, 2.75) is 47.1 Å². The molecule has 0 radical (unpaired) electrons. The molecule has 0 aliphatic rings. The van der Waals surface area contributed by atoms with Crippen molar-refractivity contribution in [3.05, 3.63) is 0 Å². The normalized spacial score (nSPS) is 13.6. The largest absolute Gasteiger partial charge is 0.444 e. The van der Waals surface area contributed by atoms with Crippen molar-refractivity contribution >= 4 is 6.09 Å². The molecule has 0 fully saturated rings. The van der Waals surface area contributed by atoms with Crippen LogP contribution in [0.1, 0.15) is 41.5 Å². The number of hydrogen-bond donors (Lipinski definition) is 2. The van der Waals surface area contributed by atoms with Crippen molar-refractivity contribution in [3.8, 4) is 0 Å². The minimum absolute atomic E-state index is 0.334. The highest BCUT2D eigenvalue weighted by molar-refractivity contribution is 5.67. The number of hydrogen-bond acceptors (Lipinski definition) is 4. The van der Waals surface area contributed by atoms with Crippen LogP contribution >= 0.6 is 0 Å². The van der Waals surface area contributed by atoms with Crippen LogP contribution in [0.2, 0.25) is 0 Å². The average molecular weight is 301 g/mol. The number of alkyl carbamates (subject to hydrolysis) is 1. The molecule has 0 aromatic rings. The molecule has 1 atom stereocenters. The van der Waals surface area contributed by atoms with Gasteiger partial charge in [0.05, 0.1) is 0 Å². The maximum absolute atomic E-state index is 11.7. The molecule has 5 nitrogen and oxygen atoms in total. The molecule has 126 valence electrons. The van der Waals surface area contributed by atoms with E-state index in [1.165, 1.54) is 0 Å². The van der Waals surface area contributed by atoms with Gasteiger partial charge in [0.2, 0.25) is 0 Å². The fourth-order valence-corrected chi connectivity index (χ4v) is 1.79. The highest BCUT2D eigenvalue weighted by atomic mass is 16.6. The third-order valence-corrected chi connectivity index (χ3v) is 3.47. The van der Waals surface area contributed by atoms with E-state index in [0.717, 1.165) is 26.2 Å². The molecule has 0 heterocycles. The lowest BCUT2D eigenvalue weighted by atomic mass is 9.96. The van der Waals surface area contributed by atoms with E-state index < -0.39 is 5.60 Å². The van der Waals surface area contributed by atoms with Crippen LogP contribution in [0.3, 0.4) is 0 Å². The fraction of sp³-hybridized carbons (Fsp3) is 0.938. The third kappa shape index (κ3) is 11.5. The lowest BCUT2D eigenvalue weighted by Gasteiger charge is -2.24. The number of nitrogens with one attached hydrogen (secondary N) is 2. The number of ether oxygens (including phenoxy) is 1. The Morgan fingerprint density at radius 1 is 1.24 bits per heavy atom. The van der Waals surface area contributed by atoms with Crippen LogP contribution in [0.15, 0.2) is 0 Å². The summed E-state index contributed by atoms with van der Waals surface area (Å²) in [5, 5.41) is 6.34. The highest BCUT2D eigenvalue weighted by Gasteiger charge is 2.18. The molecule has 1 unspecified atom stereocenters. The van der Waals surface area contributed by atoms with Crippen molar-refractivity contribution in [2.24, 2.45) is 11.8 Å². The summed E-state index contributed by atoms with van der Waals surface area (Å²) in [6.45, 7) is 16.8. The molecule has 0 saturated heterocycles. The first-order chi connectivity index (χ1) is 9.65. The van der Waals surface area contributed by atoms with E-state index in [9.17, 15) is 4.79 Å². The van der Waals surface area contributed by atoms with Gasteiger partial charge in [-0.3, -0.25) is 0 Å². The molecule has 1 amide bonds. The Bertz CT molecular complexity index is 288. The van der Waals surface area contributed by atoms with Crippen LogP contribution in [0, 0.1) is 11.8 Å². The summed E-state index contributed by atoms with van der Waals surface area (Å²) in [5.74, 6) is 0.917. The van der Waals surface area contributed by atoms with Gasteiger partial charge in [0, 0.05) is 19.6 Å². The average Bonchev–Trinajstić information content (AvgIpc) is 2.34. The second-order valence-corrected chi connectivity index (χ2v) is 6.99. The smallest absolute Gasteiger partial charge is 0.407 e. The van der Waals surface area contributed by atoms with Crippen molar-refractivity contribution in [2.75, 3.05) is 39.8 Å². The van der Waals surface area contributed by atoms with Crippen LogP contribution in [0.25, 0.3) is 0 Å². The molecule has 0 bridgehead atoms. The van der Waals surface area contributed by atoms with Gasteiger partial charge >= 0.3 is 6.09 Å². The van der Waals surface area contributed by atoms with Crippen molar-refractivity contribution in [3.63, 3.8) is 0 Å². The topological polar surface area (TPSA) is 53.6 Å². The van der Waals surface area contributed by atoms with Gasteiger partial charge in [-0.1, -0.05) is 20.8 Å². The maximum Gasteiger partial charge on any atom is 0.407 e. The zero-order valence-corrected chi connectivity index (χ0v) is 15.0. The van der Waals surface area contributed by atoms with Crippen LogP contribution in [0.4, 0.5) is 4.79 Å². The van der Waals surface area contributed by atoms with Gasteiger partial charge < -0.3 is 20.3 Å². The first-order valence-electron chi connectivity index (χ1n) is 8.01. The van der Waals surface area contributed by atoms with Gasteiger partial charge in [0.25, 0.3) is 0 Å². The van der Waals surface area contributed by atoms with E-state index >= 15 is 0 Å². The van der Waals surface area contributed by atoms with E-state index in [4.69, 9.17) is 4.74 Å². The van der Waals surface area contributed by atoms with Gasteiger partial charge in [-0.05, 0) is 52.7 Å². The number of likely N-dealkylation sites (N-methyl/N-ethyl adjacent to an activating group) is 1. The third-order valence-electron chi connectivity index (χ3n) is 3.47. The van der Waals surface area contributed by atoms with Gasteiger partial charge in [0.15, 0.2) is 0 Å². The van der Waals surface area contributed by atoms with Crippen LogP contribution in [0.5, 0.6) is 0 Å². The molecule has 2 N–H and O–H groups in total. The summed E-state index contributed by atoms with van der Waals surface area (Å²) in [5.41, 5.74) is -0.444. The zero-order chi connectivity index (χ0) is 16.5. The molecular weight excluding hydrogens is 266 g/mol. The molecule has 0 aromatic carbocycles. The standard InChI is InChI=1S/C16H35N3O2/c1-8-19(7)10-9-17-11-14(13(2)3)12-18-15(20)21-16(4,5)6/h13-14,17H,8-12H2,1-7H3,(H,18,20). The summed E-state index contributed by atoms with van der Waals surface area (Å²) < 4.78 is 5.26. The maximum atomic E-state index is 11.7. The quantitative estimate of drug-likeness (QED) is 0.642. The van der Waals surface area contributed by atoms with Crippen molar-refractivity contribution in [1.82, 2.24) is 15.5 Å². The van der Waals surface area contributed by atoms with E-state index in [-0.39, 0.29) is 6.09 Å². The van der Waals surface area contributed by atoms with E-state index in [1.54, 1.807) is 0 Å². The summed E-state index contributed by atoms with van der Waals surface area (Å²) in [4.78, 5) is 14.0. The number of carbonyl (C=O) groups excluding carboxylic acids is 1. The molecule has 0 aromatic heterocycles. The molecular formula is C16H35N3O2. The number of nitrogens with zero attached hydrogens (tertiary/aromatic N) is 1. The predicted octanol–water partition coefficient (Wildman–Crippen LogP) is 2.32. The summed E-state index contributed by atoms with van der Waals surface area (Å²) >= 11 is 0. The predicted molar refractivity (Wildman–Crippen MR) is 88.6 cm³/mol. The van der Waals surface area contributed by atoms with Crippen LogP contribution in [-0.2, 0) is 4.74 Å². The van der Waals surface area contributed by atoms with Crippen LogP contribution in [-0.4, -0.2) is 56.4 Å². The van der Waals surface area contributed by atoms with Gasteiger partial charge in [-0.15, -0.1) is 0 Å². The Kier molecular flexibility index (Phi) is 9.62. The molecule has 5 heteroatoms. The monoisotopic (exact) mass is 301 g/mol. The Hall–Kier alpha value is -0.810. The first-order valence-corrected chi connectivity index (χ1v) is 8.01. The number of amides is 1. The molecule has 0 aliphatic heterocycles. The number of rotatable bonds is 9. The van der Waals surface area contributed by atoms with E-state index in [1.807, 2.05) is 20.8 Å². The fourth-order valence-electron chi connectivity index (χ4n) is 1.79. The Morgan fingerprint density at radius 2 is 1.86 bits per heavy atom. The van der Waals surface area contributed by atoms with Crippen LogP contribution < -0.4 is 10.6 Å². The molecule has 0 spiro atoms. The second-order valence-electron chi connectivity index (χ2n) is 6.99. The SMILES string of the molecule is CCN(C)CCNCC(CNC(=O)OC(C)(C)C)C(C)C. The summed E-state index contributed by atoms with van der Waals surface area (Å²) in [6.07, 6.45) is -0.334. The molecule has 0 saturated carbocycles. The van der Waals surface area contributed by atoms with Crippen molar-refractivity contribution in [1.29, 1.82) is 0 Å². The van der Waals surface area contributed by atoms with E-state index in [2.05, 4.69) is 43.4 Å². The second kappa shape index (κ2) is 10.0. The minimum atomic E-state index is -0.444. The van der Waals surface area contributed by atoms with Gasteiger partial charge in [0.1, 0.15) is 5.60 Å². The van der Waals surface area contributed by atoms with Crippen molar-refractivity contribution < 1.29 is 9.53 Å². The minimum Gasteiger partial charge on any atom is -0.444 e. The molecule has 0 aliphatic carbocycles. The van der Waals surface area contributed by atoms with Gasteiger partial charge in [-0.25, -0.2) is 4.79 Å². The van der Waals surface area contributed by atoms with Gasteiger partial charge in [-0.2, -0.15) is 0 Å². The number of carbonyl (C=O) groups is 1. The van der Waals surface area contributed by atoms with E-state index in [0.29, 0.717) is 18.4 Å². The molecule has 21 heavy (non-hydrogen) atoms. The Morgan fingerprint density at radius 3 is 2.33 bits per heavy atom.